The molecule has 0 amide bonds. The minimum atomic E-state index is -1.17. The molecule has 1 rings (SSSR count). The first kappa shape index (κ1) is 16.5. The summed E-state index contributed by atoms with van der Waals surface area (Å²) in [7, 11) is 0. The average Bonchev–Trinajstić information content (AvgIpc) is 2.38. The normalized spacial score (nSPS) is 10.8. The van der Waals surface area contributed by atoms with E-state index in [4.69, 9.17) is 16.2 Å². The third kappa shape index (κ3) is 6.72. The van der Waals surface area contributed by atoms with Crippen molar-refractivity contribution in [3.8, 4) is 0 Å². The van der Waals surface area contributed by atoms with Crippen molar-refractivity contribution in [2.75, 3.05) is 0 Å². The van der Waals surface area contributed by atoms with Crippen molar-refractivity contribution >= 4 is 17.6 Å². The summed E-state index contributed by atoms with van der Waals surface area (Å²) < 4.78 is 12.9. The van der Waals surface area contributed by atoms with E-state index in [9.17, 15) is 9.18 Å². The topological polar surface area (TPSA) is 99.5 Å². The SMILES string of the molecule is CC.N=C(N=C(N)/C=C\C(=O)O)c1cccc(F)c1. The van der Waals surface area contributed by atoms with Crippen molar-refractivity contribution in [3.63, 3.8) is 0 Å². The van der Waals surface area contributed by atoms with E-state index < -0.39 is 11.8 Å². The number of aliphatic imine (C=N–C) groups is 1. The highest BCUT2D eigenvalue weighted by molar-refractivity contribution is 6.08. The minimum absolute atomic E-state index is 0.137. The number of carboxylic acids is 1. The Morgan fingerprint density at radius 2 is 2.05 bits per heavy atom. The number of nitrogens with two attached hydrogens (primary N) is 1. The van der Waals surface area contributed by atoms with Gasteiger partial charge in [0, 0.05) is 11.6 Å². The van der Waals surface area contributed by atoms with E-state index in [1.54, 1.807) is 0 Å². The molecule has 0 aromatic heterocycles. The lowest BCUT2D eigenvalue weighted by Crippen LogP contribution is -2.12. The van der Waals surface area contributed by atoms with Gasteiger partial charge in [0.1, 0.15) is 11.7 Å². The van der Waals surface area contributed by atoms with Crippen molar-refractivity contribution in [3.05, 3.63) is 47.8 Å². The molecule has 0 aliphatic rings. The number of rotatable bonds is 3. The second-order valence-electron chi connectivity index (χ2n) is 3.07. The maximum absolute atomic E-state index is 12.9. The number of carbonyl (C=O) groups is 1. The lowest BCUT2D eigenvalue weighted by Gasteiger charge is -1.99. The van der Waals surface area contributed by atoms with Crippen LogP contribution in [-0.4, -0.2) is 22.7 Å². The monoisotopic (exact) mass is 265 g/mol. The van der Waals surface area contributed by atoms with Crippen LogP contribution in [0.3, 0.4) is 0 Å². The highest BCUT2D eigenvalue weighted by Crippen LogP contribution is 2.04. The van der Waals surface area contributed by atoms with Gasteiger partial charge in [-0.1, -0.05) is 26.0 Å². The summed E-state index contributed by atoms with van der Waals surface area (Å²) in [6.45, 7) is 4.00. The molecular weight excluding hydrogens is 249 g/mol. The predicted molar refractivity (Wildman–Crippen MR) is 73.0 cm³/mol. The van der Waals surface area contributed by atoms with E-state index >= 15 is 0 Å². The molecule has 0 atom stereocenters. The molecule has 0 saturated heterocycles. The molecule has 1 aromatic rings. The van der Waals surface area contributed by atoms with Crippen molar-refractivity contribution < 1.29 is 14.3 Å². The fraction of sp³-hybridized carbons (Fsp3) is 0.154. The summed E-state index contributed by atoms with van der Waals surface area (Å²) in [6.07, 6.45) is 1.86. The van der Waals surface area contributed by atoms with E-state index in [0.29, 0.717) is 0 Å². The number of hydrogen-bond acceptors (Lipinski definition) is 2. The Labute approximate surface area is 110 Å². The quantitative estimate of drug-likeness (QED) is 0.443. The third-order valence-corrected chi connectivity index (χ3v) is 1.74. The number of nitrogens with one attached hydrogen (secondary N) is 1. The number of benzene rings is 1. The standard InChI is InChI=1S/C11H10FN3O2.C2H6/c12-8-3-1-2-7(6-8)11(14)15-9(13)4-5-10(16)17;1-2/h1-6H,(H,16,17)(H3,13,14,15);1-2H3/b5-4-;. The Balaban J connectivity index is 0.00000154. The molecule has 5 nitrogen and oxygen atoms in total. The molecule has 0 aliphatic carbocycles. The van der Waals surface area contributed by atoms with Gasteiger partial charge in [0.25, 0.3) is 0 Å². The van der Waals surface area contributed by atoms with Crippen molar-refractivity contribution in [1.29, 1.82) is 5.41 Å². The zero-order chi connectivity index (χ0) is 14.8. The Morgan fingerprint density at radius 1 is 1.42 bits per heavy atom. The number of halogens is 1. The van der Waals surface area contributed by atoms with Gasteiger partial charge in [0.05, 0.1) is 0 Å². The molecule has 0 bridgehead atoms. The molecule has 1 aromatic carbocycles. The summed E-state index contributed by atoms with van der Waals surface area (Å²) in [5.74, 6) is -2.03. The Morgan fingerprint density at radius 3 is 2.58 bits per heavy atom. The summed E-state index contributed by atoms with van der Waals surface area (Å²) >= 11 is 0. The lowest BCUT2D eigenvalue weighted by atomic mass is 10.2. The largest absolute Gasteiger partial charge is 0.478 e. The smallest absolute Gasteiger partial charge is 0.328 e. The van der Waals surface area contributed by atoms with Crippen LogP contribution in [0.1, 0.15) is 19.4 Å². The van der Waals surface area contributed by atoms with E-state index in [1.165, 1.54) is 18.2 Å². The van der Waals surface area contributed by atoms with Crippen molar-refractivity contribution in [2.24, 2.45) is 10.7 Å². The predicted octanol–water partition coefficient (Wildman–Crippen LogP) is 2.18. The van der Waals surface area contributed by atoms with E-state index in [2.05, 4.69) is 4.99 Å². The second kappa shape index (κ2) is 8.57. The molecule has 4 N–H and O–H groups in total. The van der Waals surface area contributed by atoms with Crippen LogP contribution in [0.5, 0.6) is 0 Å². The van der Waals surface area contributed by atoms with Gasteiger partial charge in [-0.15, -0.1) is 0 Å². The minimum Gasteiger partial charge on any atom is -0.478 e. The first-order chi connectivity index (χ1) is 8.99. The van der Waals surface area contributed by atoms with Crippen LogP contribution in [0.2, 0.25) is 0 Å². The maximum atomic E-state index is 12.9. The summed E-state index contributed by atoms with van der Waals surface area (Å²) in [5.41, 5.74) is 5.62. The first-order valence-corrected chi connectivity index (χ1v) is 5.58. The maximum Gasteiger partial charge on any atom is 0.328 e. The van der Waals surface area contributed by atoms with Gasteiger partial charge in [-0.25, -0.2) is 14.2 Å². The number of aliphatic carboxylic acids is 1. The third-order valence-electron chi connectivity index (χ3n) is 1.74. The Kier molecular flexibility index (Phi) is 7.44. The lowest BCUT2D eigenvalue weighted by molar-refractivity contribution is -0.131. The molecule has 0 radical (unpaired) electrons. The fourth-order valence-electron chi connectivity index (χ4n) is 1.02. The molecule has 6 heteroatoms. The Hall–Kier alpha value is -2.50. The zero-order valence-corrected chi connectivity index (χ0v) is 10.7. The van der Waals surface area contributed by atoms with Crippen LogP contribution >= 0.6 is 0 Å². The molecule has 19 heavy (non-hydrogen) atoms. The van der Waals surface area contributed by atoms with E-state index in [1.807, 2.05) is 13.8 Å². The molecule has 0 unspecified atom stereocenters. The number of nitrogens with zero attached hydrogens (tertiary/aromatic N) is 1. The molecule has 0 saturated carbocycles. The van der Waals surface area contributed by atoms with Crippen LogP contribution in [0, 0.1) is 11.2 Å². The van der Waals surface area contributed by atoms with Gasteiger partial charge in [-0.3, -0.25) is 5.41 Å². The average molecular weight is 265 g/mol. The van der Waals surface area contributed by atoms with Gasteiger partial charge < -0.3 is 10.8 Å². The number of carboxylic acid groups (broad SMARTS) is 1. The molecule has 0 fully saturated rings. The van der Waals surface area contributed by atoms with E-state index in [0.717, 1.165) is 18.2 Å². The molecule has 102 valence electrons. The van der Waals surface area contributed by atoms with Crippen LogP contribution < -0.4 is 5.73 Å². The number of amidine groups is 2. The highest BCUT2D eigenvalue weighted by atomic mass is 19.1. The van der Waals surface area contributed by atoms with E-state index in [-0.39, 0.29) is 17.2 Å². The van der Waals surface area contributed by atoms with Gasteiger partial charge in [-0.2, -0.15) is 0 Å². The van der Waals surface area contributed by atoms with Crippen LogP contribution in [-0.2, 0) is 4.79 Å². The molecule has 0 aliphatic heterocycles. The van der Waals surface area contributed by atoms with Crippen molar-refractivity contribution in [1.82, 2.24) is 0 Å². The van der Waals surface area contributed by atoms with Crippen LogP contribution in [0.4, 0.5) is 4.39 Å². The second-order valence-corrected chi connectivity index (χ2v) is 3.07. The molecule has 0 heterocycles. The van der Waals surface area contributed by atoms with Crippen molar-refractivity contribution in [2.45, 2.75) is 13.8 Å². The molecule has 0 spiro atoms. The zero-order valence-electron chi connectivity index (χ0n) is 10.7. The highest BCUT2D eigenvalue weighted by Gasteiger charge is 2.01. The molecular formula is C13H16FN3O2. The number of hydrogen-bond donors (Lipinski definition) is 3. The van der Waals surface area contributed by atoms with Gasteiger partial charge in [-0.05, 0) is 18.2 Å². The summed E-state index contributed by atoms with van der Waals surface area (Å²) in [5, 5.41) is 15.9. The van der Waals surface area contributed by atoms with Crippen LogP contribution in [0.25, 0.3) is 0 Å². The Bertz CT molecular complexity index is 510. The first-order valence-electron chi connectivity index (χ1n) is 5.58. The fourth-order valence-corrected chi connectivity index (χ4v) is 1.02. The summed E-state index contributed by atoms with van der Waals surface area (Å²) in [4.78, 5) is 13.8. The van der Waals surface area contributed by atoms with Crippen LogP contribution in [0.15, 0.2) is 41.4 Å². The van der Waals surface area contributed by atoms with Gasteiger partial charge >= 0.3 is 5.97 Å². The summed E-state index contributed by atoms with van der Waals surface area (Å²) in [6, 6.07) is 5.33. The van der Waals surface area contributed by atoms with Gasteiger partial charge in [0.2, 0.25) is 0 Å². The van der Waals surface area contributed by atoms with Gasteiger partial charge in [0.15, 0.2) is 5.84 Å².